The van der Waals surface area contributed by atoms with Crippen molar-refractivity contribution in [1.29, 1.82) is 0 Å². The van der Waals surface area contributed by atoms with E-state index in [1.807, 2.05) is 6.92 Å². The summed E-state index contributed by atoms with van der Waals surface area (Å²) in [7, 11) is 1.64. The van der Waals surface area contributed by atoms with Crippen LogP contribution in [0.3, 0.4) is 0 Å². The first kappa shape index (κ1) is 16.8. The van der Waals surface area contributed by atoms with Gasteiger partial charge >= 0.3 is 6.09 Å². The van der Waals surface area contributed by atoms with E-state index in [2.05, 4.69) is 8.75 Å². The molecule has 0 radical (unpaired) electrons. The molecule has 118 valence electrons. The van der Waals surface area contributed by atoms with Crippen molar-refractivity contribution in [3.8, 4) is 17.1 Å². The highest BCUT2D eigenvalue weighted by Gasteiger charge is 2.22. The van der Waals surface area contributed by atoms with Gasteiger partial charge in [0.25, 0.3) is 5.88 Å². The average molecular weight is 361 g/mol. The maximum absolute atomic E-state index is 12.0. The van der Waals surface area contributed by atoms with Gasteiger partial charge in [-0.2, -0.15) is 4.37 Å². The Morgan fingerprint density at radius 2 is 2.14 bits per heavy atom. The van der Waals surface area contributed by atoms with Crippen LogP contribution in [0.2, 0.25) is 10.0 Å². The summed E-state index contributed by atoms with van der Waals surface area (Å²) in [6.07, 6.45) is 0.299. The van der Waals surface area contributed by atoms with Crippen LogP contribution in [0, 0.1) is 0 Å². The largest absolute Gasteiger partial charge is 0.416 e. The molecule has 0 unspecified atom stereocenters. The van der Waals surface area contributed by atoms with E-state index in [0.717, 1.165) is 18.1 Å². The maximum Gasteiger partial charge on any atom is 0.416 e. The van der Waals surface area contributed by atoms with E-state index in [1.165, 1.54) is 4.90 Å². The highest BCUT2D eigenvalue weighted by molar-refractivity contribution is 6.99. The van der Waals surface area contributed by atoms with Gasteiger partial charge in [-0.25, -0.2) is 4.79 Å². The normalized spacial score (nSPS) is 10.5. The lowest BCUT2D eigenvalue weighted by molar-refractivity contribution is 0.162. The number of halogens is 2. The summed E-state index contributed by atoms with van der Waals surface area (Å²) < 4.78 is 13.4. The molecule has 1 heterocycles. The second kappa shape index (κ2) is 7.13. The van der Waals surface area contributed by atoms with Crippen LogP contribution < -0.4 is 10.5 Å². The molecule has 6 nitrogen and oxygen atoms in total. The van der Waals surface area contributed by atoms with E-state index in [1.54, 1.807) is 19.2 Å². The van der Waals surface area contributed by atoms with Crippen molar-refractivity contribution in [2.24, 2.45) is 0 Å². The average Bonchev–Trinajstić information content (AvgIpc) is 2.91. The SMILES string of the molecule is CCCN(C)C(=O)Oc1nsnc1-c1c(Cl)ccc(N)c1Cl. The van der Waals surface area contributed by atoms with Crippen molar-refractivity contribution in [3.63, 3.8) is 0 Å². The molecule has 0 saturated heterocycles. The van der Waals surface area contributed by atoms with Gasteiger partial charge < -0.3 is 15.4 Å². The van der Waals surface area contributed by atoms with Crippen molar-refractivity contribution >= 4 is 46.7 Å². The Hall–Kier alpha value is -1.57. The third-order valence-electron chi connectivity index (χ3n) is 2.87. The number of hydrogen-bond acceptors (Lipinski definition) is 6. The molecular formula is C13H14Cl2N4O2S. The first-order valence-corrected chi connectivity index (χ1v) is 7.93. The van der Waals surface area contributed by atoms with Crippen molar-refractivity contribution < 1.29 is 9.53 Å². The number of amides is 1. The standard InChI is InChI=1S/C13H14Cl2N4O2S/c1-3-6-19(2)13(20)21-12-11(17-22-18-12)9-7(14)4-5-8(16)10(9)15/h4-5H,3,6,16H2,1-2H3. The number of carbonyl (C=O) groups excluding carboxylic acids is 1. The fourth-order valence-electron chi connectivity index (χ4n) is 1.77. The molecule has 22 heavy (non-hydrogen) atoms. The van der Waals surface area contributed by atoms with Crippen LogP contribution in [0.1, 0.15) is 13.3 Å². The van der Waals surface area contributed by atoms with Gasteiger partial charge in [-0.05, 0) is 18.6 Å². The van der Waals surface area contributed by atoms with E-state index in [4.69, 9.17) is 33.7 Å². The van der Waals surface area contributed by atoms with Crippen LogP contribution in [-0.4, -0.2) is 33.3 Å². The first-order chi connectivity index (χ1) is 10.5. The monoisotopic (exact) mass is 360 g/mol. The van der Waals surface area contributed by atoms with Gasteiger partial charge in [0.05, 0.1) is 27.5 Å². The van der Waals surface area contributed by atoms with Gasteiger partial charge in [0.2, 0.25) is 0 Å². The van der Waals surface area contributed by atoms with Gasteiger partial charge in [-0.3, -0.25) is 0 Å². The van der Waals surface area contributed by atoms with Crippen LogP contribution in [-0.2, 0) is 0 Å². The van der Waals surface area contributed by atoms with E-state index in [9.17, 15) is 4.79 Å². The summed E-state index contributed by atoms with van der Waals surface area (Å²) in [6.45, 7) is 2.54. The third kappa shape index (κ3) is 3.43. The molecule has 0 atom stereocenters. The van der Waals surface area contributed by atoms with E-state index in [0.29, 0.717) is 28.5 Å². The first-order valence-electron chi connectivity index (χ1n) is 6.45. The summed E-state index contributed by atoms with van der Waals surface area (Å²) >= 11 is 13.2. The lowest BCUT2D eigenvalue weighted by atomic mass is 10.1. The molecule has 1 aromatic carbocycles. The number of hydrogen-bond donors (Lipinski definition) is 1. The minimum absolute atomic E-state index is 0.0624. The second-order valence-corrected chi connectivity index (χ2v) is 5.85. The lowest BCUT2D eigenvalue weighted by Gasteiger charge is -2.15. The predicted octanol–water partition coefficient (Wildman–Crippen LogP) is 3.93. The Labute approximate surface area is 142 Å². The number of aromatic nitrogens is 2. The van der Waals surface area contributed by atoms with E-state index >= 15 is 0 Å². The zero-order chi connectivity index (χ0) is 16.3. The Morgan fingerprint density at radius 3 is 2.82 bits per heavy atom. The molecule has 2 rings (SSSR count). The summed E-state index contributed by atoms with van der Waals surface area (Å²) in [6, 6.07) is 3.20. The molecule has 0 spiro atoms. The number of rotatable bonds is 4. The molecule has 1 aromatic heterocycles. The van der Waals surface area contributed by atoms with Gasteiger partial charge in [0.1, 0.15) is 0 Å². The predicted molar refractivity (Wildman–Crippen MR) is 88.7 cm³/mol. The van der Waals surface area contributed by atoms with E-state index in [-0.39, 0.29) is 10.9 Å². The summed E-state index contributed by atoms with van der Waals surface area (Å²) in [5.41, 5.74) is 6.84. The van der Waals surface area contributed by atoms with Crippen LogP contribution in [0.5, 0.6) is 5.88 Å². The van der Waals surface area contributed by atoms with Crippen LogP contribution in [0.4, 0.5) is 10.5 Å². The molecule has 0 fully saturated rings. The van der Waals surface area contributed by atoms with Gasteiger partial charge in [-0.1, -0.05) is 30.1 Å². The number of benzene rings is 1. The Morgan fingerprint density at radius 1 is 1.41 bits per heavy atom. The van der Waals surface area contributed by atoms with Gasteiger partial charge in [-0.15, -0.1) is 4.37 Å². The summed E-state index contributed by atoms with van der Waals surface area (Å²) in [5.74, 6) is 0.0624. The molecule has 0 bridgehead atoms. The Kier molecular flexibility index (Phi) is 5.44. The number of ether oxygens (including phenoxy) is 1. The number of carbonyl (C=O) groups is 1. The van der Waals surface area contributed by atoms with Gasteiger partial charge in [0.15, 0.2) is 5.69 Å². The van der Waals surface area contributed by atoms with E-state index < -0.39 is 6.09 Å². The van der Waals surface area contributed by atoms with Crippen molar-refractivity contribution in [1.82, 2.24) is 13.6 Å². The van der Waals surface area contributed by atoms with Crippen LogP contribution in [0.25, 0.3) is 11.3 Å². The van der Waals surface area contributed by atoms with Gasteiger partial charge in [0, 0.05) is 19.2 Å². The summed E-state index contributed by atoms with van der Waals surface area (Å²) in [5, 5.41) is 0.602. The van der Waals surface area contributed by atoms with Crippen molar-refractivity contribution in [3.05, 3.63) is 22.2 Å². The maximum atomic E-state index is 12.0. The Bertz CT molecular complexity index is 693. The van der Waals surface area contributed by atoms with Crippen molar-refractivity contribution in [2.75, 3.05) is 19.3 Å². The van der Waals surface area contributed by atoms with Crippen molar-refractivity contribution in [2.45, 2.75) is 13.3 Å². The zero-order valence-corrected chi connectivity index (χ0v) is 14.3. The lowest BCUT2D eigenvalue weighted by Crippen LogP contribution is -2.30. The molecular weight excluding hydrogens is 347 g/mol. The highest BCUT2D eigenvalue weighted by atomic mass is 35.5. The topological polar surface area (TPSA) is 81.3 Å². The molecule has 0 aliphatic rings. The van der Waals surface area contributed by atoms with Crippen LogP contribution >= 0.6 is 34.9 Å². The summed E-state index contributed by atoms with van der Waals surface area (Å²) in [4.78, 5) is 13.4. The number of nitrogen functional groups attached to an aromatic ring is 1. The molecule has 1 amide bonds. The quantitative estimate of drug-likeness (QED) is 0.835. The smallest absolute Gasteiger partial charge is 0.398 e. The third-order valence-corrected chi connectivity index (χ3v) is 4.10. The minimum atomic E-state index is -0.521. The molecule has 0 aliphatic heterocycles. The molecule has 2 aromatic rings. The number of anilines is 1. The molecule has 0 aliphatic carbocycles. The molecule has 9 heteroatoms. The van der Waals surface area contributed by atoms with Crippen LogP contribution in [0.15, 0.2) is 12.1 Å². The number of nitrogens with two attached hydrogens (primary N) is 1. The fraction of sp³-hybridized carbons (Fsp3) is 0.308. The Balaban J connectivity index is 2.35. The molecule has 0 saturated carbocycles. The second-order valence-electron chi connectivity index (χ2n) is 4.53. The minimum Gasteiger partial charge on any atom is -0.398 e. The molecule has 2 N–H and O–H groups in total. The number of nitrogens with zero attached hydrogens (tertiary/aromatic N) is 3. The fourth-order valence-corrected chi connectivity index (χ4v) is 2.81. The zero-order valence-electron chi connectivity index (χ0n) is 12.0. The highest BCUT2D eigenvalue weighted by Crippen LogP contribution is 2.41.